The number of carboxylic acids is 1. The van der Waals surface area contributed by atoms with E-state index in [0.29, 0.717) is 30.8 Å². The zero-order valence-electron chi connectivity index (χ0n) is 13.5. The van der Waals surface area contributed by atoms with Gasteiger partial charge in [-0.05, 0) is 26.0 Å². The lowest BCUT2D eigenvalue weighted by molar-refractivity contribution is 0.0695. The maximum Gasteiger partial charge on any atom is 0.341 e. The first kappa shape index (κ1) is 16.0. The minimum absolute atomic E-state index is 0.0776. The Labute approximate surface area is 137 Å². The van der Waals surface area contributed by atoms with Gasteiger partial charge in [0.25, 0.3) is 0 Å². The molecule has 0 spiro atoms. The number of nitrogens with zero attached hydrogens (tertiary/aromatic N) is 2. The number of rotatable bonds is 3. The Morgan fingerprint density at radius 2 is 2.17 bits per heavy atom. The number of anilines is 1. The minimum Gasteiger partial charge on any atom is -0.477 e. The van der Waals surface area contributed by atoms with Crippen LogP contribution in [-0.2, 0) is 6.54 Å². The summed E-state index contributed by atoms with van der Waals surface area (Å²) >= 11 is 0. The number of benzene rings is 1. The molecule has 0 bridgehead atoms. The van der Waals surface area contributed by atoms with Gasteiger partial charge in [0.1, 0.15) is 11.4 Å². The zero-order chi connectivity index (χ0) is 17.4. The van der Waals surface area contributed by atoms with Crippen molar-refractivity contribution in [2.24, 2.45) is 0 Å². The number of nitrogens with one attached hydrogen (secondary N) is 1. The first-order chi connectivity index (χ1) is 11.4. The third kappa shape index (κ3) is 2.62. The molecule has 1 aliphatic rings. The van der Waals surface area contributed by atoms with E-state index in [1.54, 1.807) is 15.5 Å². The summed E-state index contributed by atoms with van der Waals surface area (Å²) in [5.41, 5.74) is 0.797. The van der Waals surface area contributed by atoms with Crippen LogP contribution in [0, 0.1) is 5.82 Å². The monoisotopic (exact) mass is 331 g/mol. The molecule has 0 radical (unpaired) electrons. The van der Waals surface area contributed by atoms with Crippen molar-refractivity contribution in [2.75, 3.05) is 18.0 Å². The van der Waals surface area contributed by atoms with Gasteiger partial charge in [0.15, 0.2) is 0 Å². The maximum atomic E-state index is 14.6. The van der Waals surface area contributed by atoms with Crippen LogP contribution < -0.4 is 15.6 Å². The van der Waals surface area contributed by atoms with Gasteiger partial charge in [-0.3, -0.25) is 4.79 Å². The predicted molar refractivity (Wildman–Crippen MR) is 89.9 cm³/mol. The van der Waals surface area contributed by atoms with Crippen LogP contribution >= 0.6 is 0 Å². The van der Waals surface area contributed by atoms with Crippen molar-refractivity contribution in [1.82, 2.24) is 9.88 Å². The molecule has 24 heavy (non-hydrogen) atoms. The largest absolute Gasteiger partial charge is 0.477 e. The molecule has 0 atom stereocenters. The minimum atomic E-state index is -1.31. The second kappa shape index (κ2) is 5.99. The molecule has 0 amide bonds. The molecule has 1 aromatic heterocycles. The van der Waals surface area contributed by atoms with E-state index in [-0.39, 0.29) is 10.9 Å². The average molecular weight is 331 g/mol. The molecule has 2 heterocycles. The Bertz CT molecular complexity index is 917. The fourth-order valence-electron chi connectivity index (χ4n) is 2.94. The second-order valence-electron chi connectivity index (χ2n) is 5.72. The van der Waals surface area contributed by atoms with Gasteiger partial charge in [0.05, 0.1) is 11.2 Å². The van der Waals surface area contributed by atoms with Gasteiger partial charge in [0, 0.05) is 43.1 Å². The van der Waals surface area contributed by atoms with Crippen LogP contribution in [-0.4, -0.2) is 28.7 Å². The molecule has 0 unspecified atom stereocenters. The predicted octanol–water partition coefficient (Wildman–Crippen LogP) is 2.13. The summed E-state index contributed by atoms with van der Waals surface area (Å²) in [4.78, 5) is 25.4. The van der Waals surface area contributed by atoms with Gasteiger partial charge < -0.3 is 19.9 Å². The highest BCUT2D eigenvalue weighted by atomic mass is 19.1. The summed E-state index contributed by atoms with van der Waals surface area (Å²) in [5, 5.41) is 12.4. The van der Waals surface area contributed by atoms with Crippen molar-refractivity contribution in [3.63, 3.8) is 0 Å². The highest BCUT2D eigenvalue weighted by molar-refractivity contribution is 5.93. The van der Waals surface area contributed by atoms with Crippen LogP contribution in [0.5, 0.6) is 0 Å². The highest BCUT2D eigenvalue weighted by Crippen LogP contribution is 2.26. The summed E-state index contributed by atoms with van der Waals surface area (Å²) < 4.78 is 16.2. The number of carboxylic acid groups (broad SMARTS) is 1. The molecule has 1 aromatic carbocycles. The molecule has 2 aromatic rings. The number of hydrogen-bond donors (Lipinski definition) is 2. The van der Waals surface area contributed by atoms with Crippen molar-refractivity contribution in [3.8, 4) is 0 Å². The van der Waals surface area contributed by atoms with Crippen LogP contribution in [0.3, 0.4) is 0 Å². The number of carbonyl (C=O) groups is 1. The Kier molecular flexibility index (Phi) is 4.01. The molecular weight excluding hydrogens is 313 g/mol. The SMILES string of the molecule is CCn1cc(C(=O)O)c(=O)c2cc(F)c(N3C=C(C)NCC3)cc21. The fraction of sp³-hybridized carbons (Fsp3) is 0.294. The van der Waals surface area contributed by atoms with Gasteiger partial charge >= 0.3 is 5.97 Å². The lowest BCUT2D eigenvalue weighted by Gasteiger charge is -2.27. The second-order valence-corrected chi connectivity index (χ2v) is 5.72. The number of fused-ring (bicyclic) bond motifs is 1. The van der Waals surface area contributed by atoms with E-state index >= 15 is 0 Å². The maximum absolute atomic E-state index is 14.6. The van der Waals surface area contributed by atoms with Crippen LogP contribution in [0.25, 0.3) is 10.9 Å². The van der Waals surface area contributed by atoms with Crippen molar-refractivity contribution in [1.29, 1.82) is 0 Å². The van der Waals surface area contributed by atoms with Gasteiger partial charge in [-0.25, -0.2) is 9.18 Å². The zero-order valence-corrected chi connectivity index (χ0v) is 13.5. The van der Waals surface area contributed by atoms with Crippen molar-refractivity contribution < 1.29 is 14.3 Å². The molecule has 0 aliphatic carbocycles. The first-order valence-electron chi connectivity index (χ1n) is 7.71. The molecule has 7 heteroatoms. The molecule has 2 N–H and O–H groups in total. The fourth-order valence-corrected chi connectivity index (χ4v) is 2.94. The number of allylic oxidation sites excluding steroid dienone is 1. The Morgan fingerprint density at radius 3 is 2.79 bits per heavy atom. The summed E-state index contributed by atoms with van der Waals surface area (Å²) in [6, 6.07) is 2.74. The average Bonchev–Trinajstić information content (AvgIpc) is 2.55. The molecule has 1 aliphatic heterocycles. The van der Waals surface area contributed by atoms with Crippen LogP contribution in [0.2, 0.25) is 0 Å². The molecule has 126 valence electrons. The smallest absolute Gasteiger partial charge is 0.341 e. The van der Waals surface area contributed by atoms with Gasteiger partial charge in [0.2, 0.25) is 5.43 Å². The highest BCUT2D eigenvalue weighted by Gasteiger charge is 2.19. The lowest BCUT2D eigenvalue weighted by atomic mass is 10.1. The number of hydrogen-bond acceptors (Lipinski definition) is 4. The molecule has 0 fully saturated rings. The molecule has 0 saturated heterocycles. The van der Waals surface area contributed by atoms with E-state index in [0.717, 1.165) is 11.8 Å². The lowest BCUT2D eigenvalue weighted by Crippen LogP contribution is -2.34. The summed E-state index contributed by atoms with van der Waals surface area (Å²) in [7, 11) is 0. The molecule has 6 nitrogen and oxygen atoms in total. The van der Waals surface area contributed by atoms with Crippen LogP contribution in [0.1, 0.15) is 24.2 Å². The van der Waals surface area contributed by atoms with Crippen molar-refractivity contribution >= 4 is 22.6 Å². The molecule has 3 rings (SSSR count). The summed E-state index contributed by atoms with van der Waals surface area (Å²) in [6.07, 6.45) is 3.13. The number of aromatic carboxylic acids is 1. The topological polar surface area (TPSA) is 74.6 Å². The van der Waals surface area contributed by atoms with E-state index in [1.165, 1.54) is 6.20 Å². The quantitative estimate of drug-likeness (QED) is 0.901. The van der Waals surface area contributed by atoms with Gasteiger partial charge in [-0.2, -0.15) is 0 Å². The van der Waals surface area contributed by atoms with E-state index in [2.05, 4.69) is 5.32 Å². The van der Waals surface area contributed by atoms with E-state index in [1.807, 2.05) is 20.0 Å². The number of halogens is 1. The Morgan fingerprint density at radius 1 is 1.42 bits per heavy atom. The third-order valence-corrected chi connectivity index (χ3v) is 4.14. The Balaban J connectivity index is 2.28. The van der Waals surface area contributed by atoms with Crippen molar-refractivity contribution in [2.45, 2.75) is 20.4 Å². The van der Waals surface area contributed by atoms with Gasteiger partial charge in [-0.1, -0.05) is 0 Å². The van der Waals surface area contributed by atoms with E-state index < -0.39 is 17.2 Å². The molecular formula is C17H18FN3O3. The van der Waals surface area contributed by atoms with Gasteiger partial charge in [-0.15, -0.1) is 0 Å². The van der Waals surface area contributed by atoms with Crippen molar-refractivity contribution in [3.05, 3.63) is 51.8 Å². The van der Waals surface area contributed by atoms with Crippen LogP contribution in [0.4, 0.5) is 10.1 Å². The van der Waals surface area contributed by atoms with Crippen LogP contribution in [0.15, 0.2) is 35.0 Å². The normalized spacial score (nSPS) is 14.5. The summed E-state index contributed by atoms with van der Waals surface area (Å²) in [6.45, 7) is 5.50. The standard InChI is InChI=1S/C17H18FN3O3/c1-3-20-9-12(17(23)24)16(22)11-6-13(18)15(7-14(11)20)21-5-4-19-10(2)8-21/h6-9,19H,3-5H2,1-2H3,(H,23,24). The van der Waals surface area contributed by atoms with E-state index in [4.69, 9.17) is 0 Å². The third-order valence-electron chi connectivity index (χ3n) is 4.14. The number of aromatic nitrogens is 1. The number of pyridine rings is 1. The summed E-state index contributed by atoms with van der Waals surface area (Å²) in [5.74, 6) is -1.86. The first-order valence-corrected chi connectivity index (χ1v) is 7.71. The van der Waals surface area contributed by atoms with E-state index in [9.17, 15) is 19.1 Å². The molecule has 0 saturated carbocycles. The Hall–Kier alpha value is -2.83. The number of aryl methyl sites for hydroxylation is 1.